The summed E-state index contributed by atoms with van der Waals surface area (Å²) in [6.07, 6.45) is -0.527. The van der Waals surface area contributed by atoms with Crippen molar-refractivity contribution in [3.63, 3.8) is 0 Å². The van der Waals surface area contributed by atoms with Crippen LogP contribution < -0.4 is 0 Å². The molecule has 0 rings (SSSR count). The third kappa shape index (κ3) is 8.16. The first kappa shape index (κ1) is 19.2. The van der Waals surface area contributed by atoms with Crippen LogP contribution in [0.15, 0.2) is 0 Å². The molecule has 0 aromatic carbocycles. The molecule has 0 aromatic rings. The molecule has 0 aromatic heterocycles. The monoisotopic (exact) mass is 303 g/mol. The van der Waals surface area contributed by atoms with Gasteiger partial charge in [-0.1, -0.05) is 0 Å². The molecule has 0 heterocycles. The summed E-state index contributed by atoms with van der Waals surface area (Å²) in [5, 5.41) is 0. The summed E-state index contributed by atoms with van der Waals surface area (Å²) in [7, 11) is 2.55. The SMILES string of the molecule is COC(=O)CCN(C(=O)OC(C)(C)C)[C@@H](C)CC(=O)OC. The van der Waals surface area contributed by atoms with Crippen LogP contribution in [0, 0.1) is 0 Å². The van der Waals surface area contributed by atoms with E-state index in [0.29, 0.717) is 0 Å². The second-order valence-electron chi connectivity index (χ2n) is 5.63. The summed E-state index contributed by atoms with van der Waals surface area (Å²) < 4.78 is 14.4. The molecular weight excluding hydrogens is 278 g/mol. The van der Waals surface area contributed by atoms with E-state index in [1.807, 2.05) is 0 Å². The molecule has 0 saturated carbocycles. The fraction of sp³-hybridized carbons (Fsp3) is 0.786. The Kier molecular flexibility index (Phi) is 7.76. The Morgan fingerprint density at radius 1 is 1.05 bits per heavy atom. The molecule has 0 saturated heterocycles. The Morgan fingerprint density at radius 3 is 2.00 bits per heavy atom. The molecule has 0 N–H and O–H groups in total. The number of hydrogen-bond acceptors (Lipinski definition) is 6. The summed E-state index contributed by atoms with van der Waals surface area (Å²) in [4.78, 5) is 36.1. The summed E-state index contributed by atoms with van der Waals surface area (Å²) in [5.41, 5.74) is -0.661. The van der Waals surface area contributed by atoms with Crippen molar-refractivity contribution in [3.05, 3.63) is 0 Å². The maximum absolute atomic E-state index is 12.2. The Labute approximate surface area is 125 Å². The third-order valence-corrected chi connectivity index (χ3v) is 2.63. The van der Waals surface area contributed by atoms with Crippen LogP contribution in [0.5, 0.6) is 0 Å². The van der Waals surface area contributed by atoms with Crippen molar-refractivity contribution in [2.75, 3.05) is 20.8 Å². The van der Waals surface area contributed by atoms with Crippen molar-refractivity contribution in [2.45, 2.75) is 52.2 Å². The molecule has 7 nitrogen and oxygen atoms in total. The molecule has 0 bridgehead atoms. The van der Waals surface area contributed by atoms with Crippen molar-refractivity contribution in [3.8, 4) is 0 Å². The molecule has 0 aliphatic heterocycles. The highest BCUT2D eigenvalue weighted by molar-refractivity contribution is 5.74. The number of carbonyl (C=O) groups is 3. The third-order valence-electron chi connectivity index (χ3n) is 2.63. The standard InChI is InChI=1S/C14H25NO6/c1-10(9-12(17)20-6)15(8-7-11(16)19-5)13(18)21-14(2,3)4/h10H,7-9H2,1-6H3/t10-/m0/s1. The first-order chi connectivity index (χ1) is 9.60. The van der Waals surface area contributed by atoms with E-state index in [1.165, 1.54) is 19.1 Å². The van der Waals surface area contributed by atoms with Gasteiger partial charge >= 0.3 is 18.0 Å². The van der Waals surface area contributed by atoms with Gasteiger partial charge in [0.2, 0.25) is 0 Å². The Balaban J connectivity index is 4.86. The molecule has 1 atom stereocenters. The van der Waals surface area contributed by atoms with E-state index in [4.69, 9.17) is 4.74 Å². The number of ether oxygens (including phenoxy) is 3. The predicted molar refractivity (Wildman–Crippen MR) is 75.7 cm³/mol. The number of nitrogens with zero attached hydrogens (tertiary/aromatic N) is 1. The lowest BCUT2D eigenvalue weighted by Crippen LogP contribution is -2.44. The number of hydrogen-bond donors (Lipinski definition) is 0. The van der Waals surface area contributed by atoms with E-state index in [2.05, 4.69) is 9.47 Å². The average molecular weight is 303 g/mol. The smallest absolute Gasteiger partial charge is 0.410 e. The topological polar surface area (TPSA) is 82.1 Å². The highest BCUT2D eigenvalue weighted by Gasteiger charge is 2.28. The number of carbonyl (C=O) groups excluding carboxylic acids is 3. The van der Waals surface area contributed by atoms with Gasteiger partial charge in [0, 0.05) is 12.6 Å². The van der Waals surface area contributed by atoms with E-state index in [0.717, 1.165) is 0 Å². The average Bonchev–Trinajstić information content (AvgIpc) is 2.36. The molecule has 0 radical (unpaired) electrons. The van der Waals surface area contributed by atoms with Gasteiger partial charge in [-0.25, -0.2) is 4.79 Å². The lowest BCUT2D eigenvalue weighted by Gasteiger charge is -2.31. The zero-order valence-corrected chi connectivity index (χ0v) is 13.6. The van der Waals surface area contributed by atoms with Crippen LogP contribution in [-0.2, 0) is 23.8 Å². The fourth-order valence-electron chi connectivity index (χ4n) is 1.56. The molecule has 0 fully saturated rings. The quantitative estimate of drug-likeness (QED) is 0.549. The van der Waals surface area contributed by atoms with Crippen molar-refractivity contribution < 1.29 is 28.6 Å². The second kappa shape index (κ2) is 8.49. The van der Waals surface area contributed by atoms with E-state index >= 15 is 0 Å². The van der Waals surface area contributed by atoms with Gasteiger partial charge in [-0.15, -0.1) is 0 Å². The van der Waals surface area contributed by atoms with E-state index < -0.39 is 29.7 Å². The zero-order valence-electron chi connectivity index (χ0n) is 13.6. The molecule has 122 valence electrons. The van der Waals surface area contributed by atoms with Crippen LogP contribution >= 0.6 is 0 Å². The van der Waals surface area contributed by atoms with Crippen LogP contribution in [0.2, 0.25) is 0 Å². The molecule has 0 spiro atoms. The zero-order chi connectivity index (χ0) is 16.6. The minimum atomic E-state index is -0.661. The molecule has 21 heavy (non-hydrogen) atoms. The summed E-state index contributed by atoms with van der Waals surface area (Å²) in [6.45, 7) is 7.04. The highest BCUT2D eigenvalue weighted by Crippen LogP contribution is 2.14. The van der Waals surface area contributed by atoms with Crippen LogP contribution in [0.1, 0.15) is 40.5 Å². The van der Waals surface area contributed by atoms with Crippen molar-refractivity contribution in [1.29, 1.82) is 0 Å². The largest absolute Gasteiger partial charge is 0.469 e. The maximum Gasteiger partial charge on any atom is 0.410 e. The van der Waals surface area contributed by atoms with Gasteiger partial charge in [-0.2, -0.15) is 0 Å². The lowest BCUT2D eigenvalue weighted by molar-refractivity contribution is -0.141. The molecule has 7 heteroatoms. The number of rotatable bonds is 6. The van der Waals surface area contributed by atoms with E-state index in [-0.39, 0.29) is 19.4 Å². The number of methoxy groups -OCH3 is 2. The van der Waals surface area contributed by atoms with Crippen molar-refractivity contribution >= 4 is 18.0 Å². The Hall–Kier alpha value is -1.79. The predicted octanol–water partition coefficient (Wildman–Crippen LogP) is 1.74. The van der Waals surface area contributed by atoms with Crippen LogP contribution in [-0.4, -0.2) is 55.3 Å². The molecular formula is C14H25NO6. The molecule has 0 unspecified atom stereocenters. The summed E-state index contributed by atoms with van der Waals surface area (Å²) in [6, 6.07) is -0.447. The van der Waals surface area contributed by atoms with Gasteiger partial charge in [-0.3, -0.25) is 9.59 Å². The van der Waals surface area contributed by atoms with Crippen LogP contribution in [0.25, 0.3) is 0 Å². The fourth-order valence-corrected chi connectivity index (χ4v) is 1.56. The maximum atomic E-state index is 12.2. The number of amides is 1. The lowest BCUT2D eigenvalue weighted by atomic mass is 10.2. The van der Waals surface area contributed by atoms with Crippen LogP contribution in [0.3, 0.4) is 0 Å². The molecule has 0 aliphatic rings. The highest BCUT2D eigenvalue weighted by atomic mass is 16.6. The minimum absolute atomic E-state index is 0.0247. The van der Waals surface area contributed by atoms with E-state index in [1.54, 1.807) is 27.7 Å². The Morgan fingerprint density at radius 2 is 1.57 bits per heavy atom. The molecule has 0 aliphatic carbocycles. The van der Waals surface area contributed by atoms with Gasteiger partial charge in [0.25, 0.3) is 0 Å². The first-order valence-electron chi connectivity index (χ1n) is 6.74. The second-order valence-corrected chi connectivity index (χ2v) is 5.63. The number of esters is 2. The summed E-state index contributed by atoms with van der Waals surface area (Å²) >= 11 is 0. The van der Waals surface area contributed by atoms with Crippen LogP contribution in [0.4, 0.5) is 4.79 Å². The van der Waals surface area contributed by atoms with Crippen molar-refractivity contribution in [2.24, 2.45) is 0 Å². The summed E-state index contributed by atoms with van der Waals surface area (Å²) in [5.74, 6) is -0.872. The van der Waals surface area contributed by atoms with Gasteiger partial charge in [0.1, 0.15) is 5.60 Å². The van der Waals surface area contributed by atoms with Gasteiger partial charge in [0.15, 0.2) is 0 Å². The normalized spacial score (nSPS) is 12.3. The van der Waals surface area contributed by atoms with Gasteiger partial charge in [-0.05, 0) is 27.7 Å². The van der Waals surface area contributed by atoms with Gasteiger partial charge < -0.3 is 19.1 Å². The molecule has 1 amide bonds. The van der Waals surface area contributed by atoms with Crippen molar-refractivity contribution in [1.82, 2.24) is 4.90 Å². The van der Waals surface area contributed by atoms with Gasteiger partial charge in [0.05, 0.1) is 27.1 Å². The Bertz CT molecular complexity index is 374. The minimum Gasteiger partial charge on any atom is -0.469 e. The first-order valence-corrected chi connectivity index (χ1v) is 6.74. The van der Waals surface area contributed by atoms with E-state index in [9.17, 15) is 14.4 Å².